The molecule has 1 aliphatic rings. The number of nitrogens with one attached hydrogen (secondary N) is 1. The van der Waals surface area contributed by atoms with Crippen molar-refractivity contribution in [1.82, 2.24) is 10.2 Å². The van der Waals surface area contributed by atoms with Crippen molar-refractivity contribution in [3.63, 3.8) is 0 Å². The Morgan fingerprint density at radius 3 is 2.28 bits per heavy atom. The number of imide groups is 1. The van der Waals surface area contributed by atoms with E-state index in [-0.39, 0.29) is 12.3 Å². The van der Waals surface area contributed by atoms with Crippen LogP contribution >= 0.6 is 11.6 Å². The molecule has 0 bridgehead atoms. The van der Waals surface area contributed by atoms with Crippen LogP contribution in [0.2, 0.25) is 5.02 Å². The number of ketones is 1. The molecule has 128 valence electrons. The minimum Gasteiger partial charge on any atom is -0.319 e. The van der Waals surface area contributed by atoms with Gasteiger partial charge in [0.2, 0.25) is 0 Å². The van der Waals surface area contributed by atoms with E-state index in [2.05, 4.69) is 5.32 Å². The maximum Gasteiger partial charge on any atom is 0.325 e. The second-order valence-electron chi connectivity index (χ2n) is 6.24. The van der Waals surface area contributed by atoms with E-state index in [0.717, 1.165) is 10.5 Å². The van der Waals surface area contributed by atoms with Crippen LogP contribution in [-0.4, -0.2) is 29.2 Å². The number of benzene rings is 2. The molecule has 1 fully saturated rings. The molecule has 1 aliphatic heterocycles. The summed E-state index contributed by atoms with van der Waals surface area (Å²) in [5, 5.41) is 3.21. The zero-order valence-electron chi connectivity index (χ0n) is 13.9. The average Bonchev–Trinajstić information content (AvgIpc) is 2.80. The van der Waals surface area contributed by atoms with Crippen molar-refractivity contribution < 1.29 is 14.4 Å². The molecule has 0 spiro atoms. The van der Waals surface area contributed by atoms with Crippen LogP contribution in [0.4, 0.5) is 4.79 Å². The first-order chi connectivity index (χ1) is 11.8. The number of nitrogens with zero attached hydrogens (tertiary/aromatic N) is 1. The van der Waals surface area contributed by atoms with Gasteiger partial charge in [-0.2, -0.15) is 0 Å². The van der Waals surface area contributed by atoms with Crippen molar-refractivity contribution in [2.24, 2.45) is 0 Å². The minimum atomic E-state index is -1.21. The second-order valence-corrected chi connectivity index (χ2v) is 6.68. The summed E-state index contributed by atoms with van der Waals surface area (Å²) < 4.78 is 0. The molecule has 1 N–H and O–H groups in total. The fourth-order valence-corrected chi connectivity index (χ4v) is 2.92. The molecular formula is C19H17ClN2O3. The zero-order chi connectivity index (χ0) is 18.2. The van der Waals surface area contributed by atoms with Crippen LogP contribution in [-0.2, 0) is 10.3 Å². The number of urea groups is 1. The fraction of sp³-hybridized carbons (Fsp3) is 0.211. The highest BCUT2D eigenvalue weighted by atomic mass is 35.5. The quantitative estimate of drug-likeness (QED) is 0.675. The normalized spacial score (nSPS) is 19.9. The molecule has 6 heteroatoms. The Labute approximate surface area is 150 Å². The number of rotatable bonds is 4. The first-order valence-electron chi connectivity index (χ1n) is 7.81. The van der Waals surface area contributed by atoms with Gasteiger partial charge in [0.05, 0.1) is 6.54 Å². The molecule has 2 aromatic carbocycles. The van der Waals surface area contributed by atoms with Crippen LogP contribution in [0.1, 0.15) is 28.4 Å². The van der Waals surface area contributed by atoms with Gasteiger partial charge in [-0.1, -0.05) is 53.6 Å². The summed E-state index contributed by atoms with van der Waals surface area (Å²) in [6.07, 6.45) is 0. The summed E-state index contributed by atoms with van der Waals surface area (Å²) in [5.74, 6) is -0.746. The van der Waals surface area contributed by atoms with Gasteiger partial charge in [0.15, 0.2) is 5.78 Å². The zero-order valence-corrected chi connectivity index (χ0v) is 14.6. The largest absolute Gasteiger partial charge is 0.325 e. The monoisotopic (exact) mass is 356 g/mol. The van der Waals surface area contributed by atoms with Gasteiger partial charge in [0.25, 0.3) is 5.91 Å². The smallest absolute Gasteiger partial charge is 0.319 e. The van der Waals surface area contributed by atoms with E-state index in [1.807, 2.05) is 19.1 Å². The highest BCUT2D eigenvalue weighted by Crippen LogP contribution is 2.29. The Bertz CT molecular complexity index is 846. The van der Waals surface area contributed by atoms with Gasteiger partial charge in [-0.3, -0.25) is 14.5 Å². The molecule has 0 radical (unpaired) electrons. The first-order valence-corrected chi connectivity index (χ1v) is 8.19. The van der Waals surface area contributed by atoms with E-state index in [1.165, 1.54) is 0 Å². The van der Waals surface area contributed by atoms with Crippen molar-refractivity contribution >= 4 is 29.3 Å². The fourth-order valence-electron chi connectivity index (χ4n) is 2.79. The van der Waals surface area contributed by atoms with Gasteiger partial charge >= 0.3 is 6.03 Å². The Morgan fingerprint density at radius 1 is 1.08 bits per heavy atom. The Kier molecular flexibility index (Phi) is 4.35. The number of hydrogen-bond donors (Lipinski definition) is 1. The average molecular weight is 357 g/mol. The number of carbonyl (C=O) groups excluding carboxylic acids is 3. The first kappa shape index (κ1) is 17.2. The maximum absolute atomic E-state index is 12.8. The van der Waals surface area contributed by atoms with E-state index in [0.29, 0.717) is 16.1 Å². The molecule has 5 nitrogen and oxygen atoms in total. The van der Waals surface area contributed by atoms with Crippen molar-refractivity contribution in [2.75, 3.05) is 6.54 Å². The lowest BCUT2D eigenvalue weighted by molar-refractivity contribution is -0.130. The third-order valence-corrected chi connectivity index (χ3v) is 4.62. The van der Waals surface area contributed by atoms with Crippen molar-refractivity contribution in [3.05, 3.63) is 70.2 Å². The van der Waals surface area contributed by atoms with Crippen LogP contribution < -0.4 is 5.32 Å². The third-order valence-electron chi connectivity index (χ3n) is 4.37. The molecule has 3 rings (SSSR count). The number of hydrogen-bond acceptors (Lipinski definition) is 3. The number of halogens is 1. The number of carbonyl (C=O) groups is 3. The van der Waals surface area contributed by atoms with E-state index < -0.39 is 17.5 Å². The summed E-state index contributed by atoms with van der Waals surface area (Å²) in [5.41, 5.74) is 0.892. The second kappa shape index (κ2) is 6.33. The lowest BCUT2D eigenvalue weighted by Gasteiger charge is -2.22. The standard InChI is InChI=1S/C19H17ClN2O3/c1-12-3-5-13(6-4-12)16(23)11-22-17(24)19(2,21-18(22)25)14-7-9-15(20)10-8-14/h3-10H,11H2,1-2H3,(H,21,25)/t19-/m0/s1. The van der Waals surface area contributed by atoms with Crippen molar-refractivity contribution in [3.8, 4) is 0 Å². The summed E-state index contributed by atoms with van der Waals surface area (Å²) in [6, 6.07) is 13.1. The molecule has 0 unspecified atom stereocenters. The Morgan fingerprint density at radius 2 is 1.68 bits per heavy atom. The number of amides is 3. The molecule has 0 saturated carbocycles. The molecule has 2 aromatic rings. The third kappa shape index (κ3) is 3.15. The minimum absolute atomic E-state index is 0.288. The number of Topliss-reactive ketones (excluding diaryl/α,β-unsaturated/α-hetero) is 1. The van der Waals surface area contributed by atoms with Crippen LogP contribution in [0.15, 0.2) is 48.5 Å². The predicted molar refractivity (Wildman–Crippen MR) is 94.6 cm³/mol. The van der Waals surface area contributed by atoms with E-state index in [9.17, 15) is 14.4 Å². The van der Waals surface area contributed by atoms with Crippen molar-refractivity contribution in [2.45, 2.75) is 19.4 Å². The topological polar surface area (TPSA) is 66.5 Å². The van der Waals surface area contributed by atoms with Gasteiger partial charge in [-0.05, 0) is 31.5 Å². The SMILES string of the molecule is Cc1ccc(C(=O)CN2C(=O)N[C@@](C)(c3ccc(Cl)cc3)C2=O)cc1. The van der Waals surface area contributed by atoms with Gasteiger partial charge < -0.3 is 5.32 Å². The summed E-state index contributed by atoms with van der Waals surface area (Å²) in [4.78, 5) is 38.4. The van der Waals surface area contributed by atoms with Gasteiger partial charge in [0.1, 0.15) is 5.54 Å². The molecule has 0 aromatic heterocycles. The van der Waals surface area contributed by atoms with Crippen LogP contribution in [0.5, 0.6) is 0 Å². The van der Waals surface area contributed by atoms with Crippen LogP contribution in [0.3, 0.4) is 0 Å². The maximum atomic E-state index is 12.8. The molecule has 0 aliphatic carbocycles. The van der Waals surface area contributed by atoms with E-state index >= 15 is 0 Å². The lowest BCUT2D eigenvalue weighted by Crippen LogP contribution is -2.41. The van der Waals surface area contributed by atoms with Crippen LogP contribution in [0.25, 0.3) is 0 Å². The van der Waals surface area contributed by atoms with E-state index in [4.69, 9.17) is 11.6 Å². The molecule has 1 heterocycles. The van der Waals surface area contributed by atoms with Gasteiger partial charge in [0, 0.05) is 10.6 Å². The molecule has 3 amide bonds. The Balaban J connectivity index is 1.82. The summed E-state index contributed by atoms with van der Waals surface area (Å²) in [6.45, 7) is 3.24. The Hall–Kier alpha value is -2.66. The van der Waals surface area contributed by atoms with Gasteiger partial charge in [-0.25, -0.2) is 4.79 Å². The molecular weight excluding hydrogens is 340 g/mol. The number of aryl methyl sites for hydroxylation is 1. The summed E-state index contributed by atoms with van der Waals surface area (Å²) >= 11 is 5.88. The molecule has 1 saturated heterocycles. The predicted octanol–water partition coefficient (Wildman–Crippen LogP) is 3.30. The lowest BCUT2D eigenvalue weighted by atomic mass is 9.92. The highest BCUT2D eigenvalue weighted by molar-refractivity contribution is 6.30. The molecule has 1 atom stereocenters. The van der Waals surface area contributed by atoms with Gasteiger partial charge in [-0.15, -0.1) is 0 Å². The summed E-state index contributed by atoms with van der Waals surface area (Å²) in [7, 11) is 0. The molecule has 25 heavy (non-hydrogen) atoms. The highest BCUT2D eigenvalue weighted by Gasteiger charge is 2.49. The van der Waals surface area contributed by atoms with Crippen LogP contribution in [0, 0.1) is 6.92 Å². The van der Waals surface area contributed by atoms with Crippen molar-refractivity contribution in [1.29, 1.82) is 0 Å². The van der Waals surface area contributed by atoms with E-state index in [1.54, 1.807) is 43.3 Å².